The summed E-state index contributed by atoms with van der Waals surface area (Å²) in [5, 5.41) is 107. The van der Waals surface area contributed by atoms with Gasteiger partial charge in [0.2, 0.25) is 0 Å². The lowest BCUT2D eigenvalue weighted by molar-refractivity contribution is -0.371. The fourth-order valence-electron chi connectivity index (χ4n) is 14.1. The molecule has 28 unspecified atom stereocenters. The minimum atomic E-state index is -1.66. The minimum Gasteiger partial charge on any atom is -0.394 e. The molecule has 5 saturated heterocycles. The maximum Gasteiger partial charge on any atom is 0.187 e. The van der Waals surface area contributed by atoms with E-state index in [2.05, 4.69) is 26.8 Å². The van der Waals surface area contributed by atoms with Gasteiger partial charge in [-0.3, -0.25) is 0 Å². The molecule has 3 saturated carbocycles. The van der Waals surface area contributed by atoms with Gasteiger partial charge in [0.15, 0.2) is 24.7 Å². The Kier molecular flexibility index (Phi) is 12.9. The largest absolute Gasteiger partial charge is 0.394 e. The summed E-state index contributed by atoms with van der Waals surface area (Å²) in [5.41, 5.74) is 0.477. The van der Waals surface area contributed by atoms with Crippen molar-refractivity contribution in [2.24, 2.45) is 46.3 Å². The Morgan fingerprint density at radius 2 is 1.37 bits per heavy atom. The molecule has 1 spiro atoms. The Bertz CT molecular complexity index is 1670. The number of ether oxygens (including phenoxy) is 8. The van der Waals surface area contributed by atoms with Crippen LogP contribution in [0.1, 0.15) is 86.5 Å². The normalized spacial score (nSPS) is 59.3. The molecule has 0 amide bonds. The highest BCUT2D eigenvalue weighted by Crippen LogP contribution is 2.71. The number of allylic oxidation sites excluding steroid dienone is 1. The lowest BCUT2D eigenvalue weighted by atomic mass is 9.46. The first-order valence-corrected chi connectivity index (χ1v) is 23.4. The third-order valence-electron chi connectivity index (χ3n) is 17.9. The molecule has 10 N–H and O–H groups in total. The van der Waals surface area contributed by atoms with Crippen LogP contribution in [0.25, 0.3) is 0 Å². The first-order chi connectivity index (χ1) is 29.7. The van der Waals surface area contributed by atoms with Crippen LogP contribution in [0.4, 0.5) is 0 Å². The second-order valence-corrected chi connectivity index (χ2v) is 21.2. The fourth-order valence-corrected chi connectivity index (χ4v) is 14.1. The molecular formula is C45H72O18. The summed E-state index contributed by atoms with van der Waals surface area (Å²) >= 11 is 0. The second kappa shape index (κ2) is 17.2. The predicted molar refractivity (Wildman–Crippen MR) is 216 cm³/mol. The lowest BCUT2D eigenvalue weighted by Gasteiger charge is -2.60. The standard InChI is InChI=1S/C45H72O18/c1-17-16-56-45(14-27(17)59-41-38(55)35(52)33(50)28(15-46)60-41)18(2)30-26(63-45)13-25-23-8-7-21-11-22(47)12-29(44(21,6)24(23)9-10-43(25,30)5)61-42-39(36(53)32(49)20(4)58-42)62-40-37(54)34(51)31(48)19(3)57-40/h7,17-20,22-42,46-55H,8-16H2,1-6H3. The van der Waals surface area contributed by atoms with Gasteiger partial charge in [0.05, 0.1) is 49.8 Å². The molecule has 5 heterocycles. The fraction of sp³-hybridized carbons (Fsp3) is 0.956. The van der Waals surface area contributed by atoms with Crippen LogP contribution in [0.2, 0.25) is 0 Å². The number of aliphatic hydroxyl groups excluding tert-OH is 10. The van der Waals surface area contributed by atoms with E-state index in [0.29, 0.717) is 31.8 Å². The Morgan fingerprint density at radius 1 is 0.714 bits per heavy atom. The number of hydrogen-bond donors (Lipinski definition) is 10. The van der Waals surface area contributed by atoms with Crippen molar-refractivity contribution < 1.29 is 89.0 Å². The van der Waals surface area contributed by atoms with Gasteiger partial charge < -0.3 is 89.0 Å². The molecule has 9 aliphatic rings. The zero-order valence-corrected chi connectivity index (χ0v) is 37.1. The van der Waals surface area contributed by atoms with E-state index < -0.39 is 128 Å². The van der Waals surface area contributed by atoms with Crippen molar-refractivity contribution in [2.75, 3.05) is 13.2 Å². The quantitative estimate of drug-likeness (QED) is 0.140. The zero-order chi connectivity index (χ0) is 45.2. The van der Waals surface area contributed by atoms with Crippen molar-refractivity contribution in [1.82, 2.24) is 0 Å². The maximum absolute atomic E-state index is 11.4. The van der Waals surface area contributed by atoms with E-state index in [9.17, 15) is 51.1 Å². The number of rotatable bonds is 7. The van der Waals surface area contributed by atoms with Crippen LogP contribution in [0.3, 0.4) is 0 Å². The molecule has 28 atom stereocenters. The average Bonchev–Trinajstić information content (AvgIpc) is 3.69. The summed E-state index contributed by atoms with van der Waals surface area (Å²) in [6.07, 6.45) is -15.1. The van der Waals surface area contributed by atoms with E-state index in [1.54, 1.807) is 6.92 Å². The summed E-state index contributed by atoms with van der Waals surface area (Å²) in [5.74, 6) is -0.167. The molecule has 0 radical (unpaired) electrons. The van der Waals surface area contributed by atoms with E-state index in [1.807, 2.05) is 6.92 Å². The van der Waals surface area contributed by atoms with Gasteiger partial charge in [-0.25, -0.2) is 0 Å². The maximum atomic E-state index is 11.4. The molecule has 0 aromatic carbocycles. The summed E-state index contributed by atoms with van der Waals surface area (Å²) in [6, 6.07) is 0. The predicted octanol–water partition coefficient (Wildman–Crippen LogP) is -0.817. The third-order valence-corrected chi connectivity index (χ3v) is 17.9. The molecule has 9 rings (SSSR count). The highest BCUT2D eigenvalue weighted by Gasteiger charge is 2.70. The van der Waals surface area contributed by atoms with Crippen LogP contribution in [0, 0.1) is 46.3 Å². The van der Waals surface area contributed by atoms with E-state index in [1.165, 1.54) is 6.92 Å². The van der Waals surface area contributed by atoms with Crippen molar-refractivity contribution >= 4 is 0 Å². The first-order valence-electron chi connectivity index (χ1n) is 23.4. The van der Waals surface area contributed by atoms with Gasteiger partial charge in [-0.2, -0.15) is 0 Å². The zero-order valence-electron chi connectivity index (χ0n) is 37.1. The minimum absolute atomic E-state index is 0.0168. The summed E-state index contributed by atoms with van der Waals surface area (Å²) in [4.78, 5) is 0. The van der Waals surface area contributed by atoms with Crippen LogP contribution in [0.5, 0.6) is 0 Å². The number of fused-ring (bicyclic) bond motifs is 7. The summed E-state index contributed by atoms with van der Waals surface area (Å²) in [7, 11) is 0. The van der Waals surface area contributed by atoms with Crippen molar-refractivity contribution in [3.8, 4) is 0 Å². The van der Waals surface area contributed by atoms with Gasteiger partial charge >= 0.3 is 0 Å². The van der Waals surface area contributed by atoms with Crippen molar-refractivity contribution in [3.05, 3.63) is 11.6 Å². The molecule has 0 bridgehead atoms. The molecule has 18 heteroatoms. The first kappa shape index (κ1) is 47.1. The molecule has 360 valence electrons. The highest BCUT2D eigenvalue weighted by atomic mass is 16.8. The van der Waals surface area contributed by atoms with E-state index in [0.717, 1.165) is 31.3 Å². The molecule has 0 aromatic rings. The van der Waals surface area contributed by atoms with Gasteiger partial charge in [-0.1, -0.05) is 39.3 Å². The van der Waals surface area contributed by atoms with Crippen molar-refractivity contribution in [3.63, 3.8) is 0 Å². The SMILES string of the molecule is CC1COC2(CC1OC1OC(CO)C(O)C(O)C1O)OC1CC3C4CC=C5CC(O)CC(OC6OC(C)C(O)C(O)C6OC6OC(C)C(O)C(O)C6O)C5(C)C4CCC3(C)C1C2C. The highest BCUT2D eigenvalue weighted by molar-refractivity contribution is 5.29. The van der Waals surface area contributed by atoms with Gasteiger partial charge in [0.1, 0.15) is 61.0 Å². The van der Waals surface area contributed by atoms with Crippen LogP contribution in [-0.4, -0.2) is 187 Å². The number of hydrogen-bond acceptors (Lipinski definition) is 18. The average molecular weight is 901 g/mol. The van der Waals surface area contributed by atoms with Gasteiger partial charge in [0, 0.05) is 30.1 Å². The molecule has 18 nitrogen and oxygen atoms in total. The topological polar surface area (TPSA) is 276 Å². The Labute approximate surface area is 368 Å². The monoisotopic (exact) mass is 900 g/mol. The summed E-state index contributed by atoms with van der Waals surface area (Å²) in [6.45, 7) is 11.7. The smallest absolute Gasteiger partial charge is 0.187 e. The lowest BCUT2D eigenvalue weighted by Crippen LogP contribution is -2.64. The van der Waals surface area contributed by atoms with Crippen LogP contribution < -0.4 is 0 Å². The Hall–Kier alpha value is -0.980. The molecule has 63 heavy (non-hydrogen) atoms. The third kappa shape index (κ3) is 7.53. The van der Waals surface area contributed by atoms with E-state index in [4.69, 9.17) is 37.9 Å². The van der Waals surface area contributed by atoms with Crippen LogP contribution >= 0.6 is 0 Å². The van der Waals surface area contributed by atoms with Crippen molar-refractivity contribution in [2.45, 2.75) is 209 Å². The van der Waals surface area contributed by atoms with Gasteiger partial charge in [0.25, 0.3) is 0 Å². The number of aliphatic hydroxyl groups is 10. The van der Waals surface area contributed by atoms with Crippen molar-refractivity contribution in [1.29, 1.82) is 0 Å². The second-order valence-electron chi connectivity index (χ2n) is 21.2. The molecule has 8 fully saturated rings. The molecule has 0 aromatic heterocycles. The van der Waals surface area contributed by atoms with E-state index >= 15 is 0 Å². The molecular weight excluding hydrogens is 828 g/mol. The Morgan fingerprint density at radius 3 is 2.06 bits per heavy atom. The molecule has 4 aliphatic carbocycles. The van der Waals surface area contributed by atoms with Gasteiger partial charge in [-0.15, -0.1) is 0 Å². The summed E-state index contributed by atoms with van der Waals surface area (Å²) < 4.78 is 50.8. The Balaban J connectivity index is 0.929. The van der Waals surface area contributed by atoms with Crippen LogP contribution in [-0.2, 0) is 37.9 Å². The van der Waals surface area contributed by atoms with Gasteiger partial charge in [-0.05, 0) is 75.0 Å². The van der Waals surface area contributed by atoms with Crippen LogP contribution in [0.15, 0.2) is 11.6 Å². The van der Waals surface area contributed by atoms with E-state index in [-0.39, 0.29) is 41.1 Å². The molecule has 5 aliphatic heterocycles.